The van der Waals surface area contributed by atoms with E-state index in [-0.39, 0.29) is 4.87 Å². The van der Waals surface area contributed by atoms with Gasteiger partial charge >= 0.3 is 0 Å². The van der Waals surface area contributed by atoms with Crippen molar-refractivity contribution in [2.75, 3.05) is 0 Å². The maximum absolute atomic E-state index is 7.12. The second-order valence-corrected chi connectivity index (χ2v) is 8.13. The predicted octanol–water partition coefficient (Wildman–Crippen LogP) is 3.45. The molecular formula is C20H21ClN6. The van der Waals surface area contributed by atoms with Gasteiger partial charge in [-0.3, -0.25) is 4.57 Å². The van der Waals surface area contributed by atoms with E-state index in [4.69, 9.17) is 11.6 Å². The van der Waals surface area contributed by atoms with E-state index in [1.54, 1.807) is 6.33 Å². The number of nitrogens with one attached hydrogen (secondary N) is 1. The summed E-state index contributed by atoms with van der Waals surface area (Å²) in [6.45, 7) is 1.52. The molecule has 6 nitrogen and oxygen atoms in total. The number of aromatic nitrogens is 5. The monoisotopic (exact) mass is 380 g/mol. The van der Waals surface area contributed by atoms with Gasteiger partial charge in [0.2, 0.25) is 0 Å². The van der Waals surface area contributed by atoms with Crippen molar-refractivity contribution >= 4 is 11.6 Å². The smallest absolute Gasteiger partial charge is 0.151 e. The maximum atomic E-state index is 7.12. The fourth-order valence-corrected chi connectivity index (χ4v) is 4.61. The molecule has 0 spiro atoms. The summed E-state index contributed by atoms with van der Waals surface area (Å²) >= 11 is 7.12. The molecule has 0 unspecified atom stereocenters. The minimum atomic E-state index is -0.317. The van der Waals surface area contributed by atoms with E-state index >= 15 is 0 Å². The average Bonchev–Trinajstić information content (AvgIpc) is 3.10. The zero-order valence-corrected chi connectivity index (χ0v) is 15.7. The average molecular weight is 381 g/mol. The van der Waals surface area contributed by atoms with Gasteiger partial charge in [0.1, 0.15) is 12.2 Å². The minimum absolute atomic E-state index is 0.317. The molecule has 27 heavy (non-hydrogen) atoms. The van der Waals surface area contributed by atoms with E-state index in [9.17, 15) is 0 Å². The zero-order valence-electron chi connectivity index (χ0n) is 15.0. The molecule has 1 aromatic carbocycles. The van der Waals surface area contributed by atoms with E-state index in [0.29, 0.717) is 5.92 Å². The van der Waals surface area contributed by atoms with Crippen molar-refractivity contribution in [3.63, 3.8) is 0 Å². The lowest BCUT2D eigenvalue weighted by Crippen LogP contribution is -2.26. The highest BCUT2D eigenvalue weighted by Crippen LogP contribution is 2.47. The Morgan fingerprint density at radius 3 is 2.74 bits per heavy atom. The summed E-state index contributed by atoms with van der Waals surface area (Å²) < 4.78 is 2.06. The van der Waals surface area contributed by atoms with Crippen molar-refractivity contribution in [3.05, 3.63) is 65.8 Å². The lowest BCUT2D eigenvalue weighted by Gasteiger charge is -2.35. The fourth-order valence-electron chi connectivity index (χ4n) is 4.27. The Bertz CT molecular complexity index is 946. The number of alkyl halides is 1. The van der Waals surface area contributed by atoms with Crippen LogP contribution in [0.25, 0.3) is 5.69 Å². The van der Waals surface area contributed by atoms with Gasteiger partial charge in [-0.25, -0.2) is 9.97 Å². The first-order chi connectivity index (χ1) is 13.2. The molecule has 0 saturated heterocycles. The number of hydrogen-bond donors (Lipinski definition) is 1. The van der Waals surface area contributed by atoms with Crippen molar-refractivity contribution in [1.82, 2.24) is 30.0 Å². The molecular weight excluding hydrogens is 360 g/mol. The first kappa shape index (κ1) is 16.8. The Kier molecular flexibility index (Phi) is 4.17. The number of nitrogens with zero attached hydrogens (tertiary/aromatic N) is 5. The van der Waals surface area contributed by atoms with Gasteiger partial charge in [-0.05, 0) is 48.9 Å². The zero-order chi connectivity index (χ0) is 18.3. The molecule has 1 saturated carbocycles. The van der Waals surface area contributed by atoms with Crippen molar-refractivity contribution in [1.29, 1.82) is 0 Å². The molecule has 0 amide bonds. The van der Waals surface area contributed by atoms with E-state index in [1.165, 1.54) is 11.1 Å². The van der Waals surface area contributed by atoms with Gasteiger partial charge in [-0.2, -0.15) is 0 Å². The molecule has 0 bridgehead atoms. The second kappa shape index (κ2) is 6.69. The van der Waals surface area contributed by atoms with Gasteiger partial charge < -0.3 is 5.32 Å². The van der Waals surface area contributed by atoms with E-state index < -0.39 is 0 Å². The van der Waals surface area contributed by atoms with Crippen LogP contribution in [-0.4, -0.2) is 24.7 Å². The van der Waals surface area contributed by atoms with E-state index in [1.807, 2.05) is 18.5 Å². The molecule has 1 aliphatic heterocycles. The SMILES string of the molecule is ClC1(c2ccc3c(c2)CNCc2nncn2-3)CCC(c2ncccn2)CC1. The molecule has 1 fully saturated rings. The number of benzene rings is 1. The van der Waals surface area contributed by atoms with Gasteiger partial charge in [0.25, 0.3) is 0 Å². The van der Waals surface area contributed by atoms with Gasteiger partial charge in [0, 0.05) is 24.9 Å². The standard InChI is InChI=1S/C20H21ClN6/c21-20(6-4-14(5-7-20)19-23-8-1-9-24-19)16-2-3-17-15(10-16)11-22-12-18-26-25-13-27(17)18/h1-3,8-10,13-14,22H,4-7,11-12H2. The van der Waals surface area contributed by atoms with Crippen LogP contribution < -0.4 is 5.32 Å². The third-order valence-electron chi connectivity index (χ3n) is 5.80. The normalized spacial score (nSPS) is 24.7. The summed E-state index contributed by atoms with van der Waals surface area (Å²) in [5, 5.41) is 11.7. The lowest BCUT2D eigenvalue weighted by atomic mass is 9.77. The molecule has 0 atom stereocenters. The lowest BCUT2D eigenvalue weighted by molar-refractivity contribution is 0.350. The molecule has 2 aliphatic rings. The molecule has 138 valence electrons. The molecule has 0 radical (unpaired) electrons. The Morgan fingerprint density at radius 1 is 1.11 bits per heavy atom. The topological polar surface area (TPSA) is 68.5 Å². The van der Waals surface area contributed by atoms with E-state index in [0.717, 1.165) is 56.1 Å². The van der Waals surface area contributed by atoms with Crippen molar-refractivity contribution in [2.45, 2.75) is 49.6 Å². The van der Waals surface area contributed by atoms with E-state index in [2.05, 4.69) is 48.2 Å². The van der Waals surface area contributed by atoms with Crippen LogP contribution in [0.1, 0.15) is 54.4 Å². The highest BCUT2D eigenvalue weighted by atomic mass is 35.5. The quantitative estimate of drug-likeness (QED) is 0.689. The Labute approximate surface area is 163 Å². The number of halogens is 1. The second-order valence-electron chi connectivity index (χ2n) is 7.41. The van der Waals surface area contributed by atoms with Crippen LogP contribution in [0.15, 0.2) is 43.0 Å². The summed E-state index contributed by atoms with van der Waals surface area (Å²) in [4.78, 5) is 8.54. The summed E-state index contributed by atoms with van der Waals surface area (Å²) in [7, 11) is 0. The van der Waals surface area contributed by atoms with Crippen LogP contribution >= 0.6 is 11.6 Å². The summed E-state index contributed by atoms with van der Waals surface area (Å²) in [6, 6.07) is 8.44. The van der Waals surface area contributed by atoms with Gasteiger partial charge in [-0.15, -0.1) is 21.8 Å². The van der Waals surface area contributed by atoms with Crippen LogP contribution in [0.2, 0.25) is 0 Å². The van der Waals surface area contributed by atoms with Crippen molar-refractivity contribution in [3.8, 4) is 5.69 Å². The Balaban J connectivity index is 1.40. The van der Waals surface area contributed by atoms with Crippen LogP contribution in [-0.2, 0) is 18.0 Å². The van der Waals surface area contributed by atoms with Gasteiger partial charge in [0.15, 0.2) is 5.82 Å². The molecule has 1 aliphatic carbocycles. The third kappa shape index (κ3) is 3.03. The summed E-state index contributed by atoms with van der Waals surface area (Å²) in [5.41, 5.74) is 3.57. The molecule has 3 aromatic rings. The molecule has 7 heteroatoms. The fraction of sp³-hybridized carbons (Fsp3) is 0.400. The molecule has 5 rings (SSSR count). The highest BCUT2D eigenvalue weighted by Gasteiger charge is 2.36. The van der Waals surface area contributed by atoms with Crippen LogP contribution in [0.4, 0.5) is 0 Å². The predicted molar refractivity (Wildman–Crippen MR) is 103 cm³/mol. The third-order valence-corrected chi connectivity index (χ3v) is 6.40. The van der Waals surface area contributed by atoms with Crippen molar-refractivity contribution < 1.29 is 0 Å². The maximum Gasteiger partial charge on any atom is 0.151 e. The Hall–Kier alpha value is -2.31. The van der Waals surface area contributed by atoms with Crippen LogP contribution in [0, 0.1) is 0 Å². The molecule has 3 heterocycles. The summed E-state index contributed by atoms with van der Waals surface area (Å²) in [6.07, 6.45) is 9.32. The molecule has 1 N–H and O–H groups in total. The minimum Gasteiger partial charge on any atom is -0.306 e. The largest absolute Gasteiger partial charge is 0.306 e. The van der Waals surface area contributed by atoms with Gasteiger partial charge in [-0.1, -0.05) is 12.1 Å². The number of rotatable bonds is 2. The van der Waals surface area contributed by atoms with Crippen LogP contribution in [0.3, 0.4) is 0 Å². The number of hydrogen-bond acceptors (Lipinski definition) is 5. The highest BCUT2D eigenvalue weighted by molar-refractivity contribution is 6.24. The summed E-state index contributed by atoms with van der Waals surface area (Å²) in [5.74, 6) is 2.29. The first-order valence-corrected chi connectivity index (χ1v) is 9.80. The van der Waals surface area contributed by atoms with Crippen molar-refractivity contribution in [2.24, 2.45) is 0 Å². The van der Waals surface area contributed by atoms with Crippen LogP contribution in [0.5, 0.6) is 0 Å². The molecule has 2 aromatic heterocycles. The first-order valence-electron chi connectivity index (χ1n) is 9.42. The Morgan fingerprint density at radius 2 is 1.93 bits per heavy atom. The van der Waals surface area contributed by atoms with Gasteiger partial charge in [0.05, 0.1) is 17.1 Å². The number of fused-ring (bicyclic) bond motifs is 3.